The van der Waals surface area contributed by atoms with Crippen LogP contribution < -0.4 is 5.32 Å². The fourth-order valence-corrected chi connectivity index (χ4v) is 1.33. The molecule has 3 heteroatoms. The van der Waals surface area contributed by atoms with Crippen LogP contribution in [0.25, 0.3) is 0 Å². The lowest BCUT2D eigenvalue weighted by Crippen LogP contribution is -2.13. The Labute approximate surface area is 71.0 Å². The molecule has 0 saturated carbocycles. The number of phenolic OH excluding ortho intramolecular Hbond substituents is 1. The zero-order chi connectivity index (χ0) is 8.39. The topological polar surface area (TPSA) is 41.5 Å². The summed E-state index contributed by atoms with van der Waals surface area (Å²) in [5.41, 5.74) is 0.979. The van der Waals surface area contributed by atoms with Crippen molar-refractivity contribution in [1.29, 1.82) is 0 Å². The van der Waals surface area contributed by atoms with Crippen LogP contribution in [0, 0.1) is 0 Å². The van der Waals surface area contributed by atoms with E-state index >= 15 is 0 Å². The van der Waals surface area contributed by atoms with Gasteiger partial charge in [0.1, 0.15) is 12.0 Å². The second-order valence-electron chi connectivity index (χ2n) is 2.80. The van der Waals surface area contributed by atoms with Crippen molar-refractivity contribution < 1.29 is 9.84 Å². The van der Waals surface area contributed by atoms with Gasteiger partial charge >= 0.3 is 0 Å². The molecule has 2 N–H and O–H groups in total. The van der Waals surface area contributed by atoms with E-state index in [0.717, 1.165) is 18.7 Å². The Morgan fingerprint density at radius 3 is 3.08 bits per heavy atom. The normalized spacial score (nSPS) is 22.8. The number of hydrogen-bond acceptors (Lipinski definition) is 3. The Bertz CT molecular complexity index is 269. The first-order chi connectivity index (χ1) is 5.86. The quantitative estimate of drug-likeness (QED) is 0.652. The molecule has 12 heavy (non-hydrogen) atoms. The lowest BCUT2D eigenvalue weighted by molar-refractivity contribution is 0.102. The summed E-state index contributed by atoms with van der Waals surface area (Å²) >= 11 is 0. The van der Waals surface area contributed by atoms with Crippen molar-refractivity contribution in [2.45, 2.75) is 6.23 Å². The highest BCUT2D eigenvalue weighted by Gasteiger charge is 2.16. The highest BCUT2D eigenvalue weighted by atomic mass is 16.5. The largest absolute Gasteiger partial charge is 0.508 e. The molecule has 1 aliphatic rings. The molecule has 64 valence electrons. The van der Waals surface area contributed by atoms with Crippen molar-refractivity contribution in [1.82, 2.24) is 5.32 Å². The lowest BCUT2D eigenvalue weighted by atomic mass is 10.2. The van der Waals surface area contributed by atoms with Gasteiger partial charge in [0.15, 0.2) is 0 Å². The molecule has 2 rings (SSSR count). The van der Waals surface area contributed by atoms with E-state index in [1.54, 1.807) is 12.1 Å². The van der Waals surface area contributed by atoms with Crippen LogP contribution in [0.2, 0.25) is 0 Å². The average Bonchev–Trinajstić information content (AvgIpc) is 2.56. The van der Waals surface area contributed by atoms with E-state index in [-0.39, 0.29) is 12.0 Å². The third kappa shape index (κ3) is 1.42. The molecular formula is C9H11NO2. The molecule has 0 bridgehead atoms. The highest BCUT2D eigenvalue weighted by Crippen LogP contribution is 2.20. The van der Waals surface area contributed by atoms with Gasteiger partial charge in [-0.15, -0.1) is 0 Å². The number of rotatable bonds is 1. The van der Waals surface area contributed by atoms with Crippen molar-refractivity contribution in [2.75, 3.05) is 13.2 Å². The van der Waals surface area contributed by atoms with E-state index in [0.29, 0.717) is 0 Å². The molecule has 0 aromatic heterocycles. The third-order valence-electron chi connectivity index (χ3n) is 1.89. The summed E-state index contributed by atoms with van der Waals surface area (Å²) < 4.78 is 5.37. The molecule has 1 atom stereocenters. The van der Waals surface area contributed by atoms with E-state index in [9.17, 15) is 5.11 Å². The van der Waals surface area contributed by atoms with Crippen LogP contribution in [0.15, 0.2) is 24.3 Å². The molecule has 0 amide bonds. The van der Waals surface area contributed by atoms with Crippen molar-refractivity contribution >= 4 is 0 Å². The van der Waals surface area contributed by atoms with Gasteiger partial charge in [0.05, 0.1) is 6.61 Å². The van der Waals surface area contributed by atoms with Gasteiger partial charge < -0.3 is 9.84 Å². The van der Waals surface area contributed by atoms with Crippen LogP contribution >= 0.6 is 0 Å². The summed E-state index contributed by atoms with van der Waals surface area (Å²) in [5, 5.41) is 12.4. The molecule has 1 unspecified atom stereocenters. The van der Waals surface area contributed by atoms with Gasteiger partial charge in [-0.1, -0.05) is 12.1 Å². The van der Waals surface area contributed by atoms with E-state index in [2.05, 4.69) is 5.32 Å². The van der Waals surface area contributed by atoms with Gasteiger partial charge in [0.25, 0.3) is 0 Å². The predicted molar refractivity (Wildman–Crippen MR) is 44.8 cm³/mol. The van der Waals surface area contributed by atoms with Gasteiger partial charge in [0.2, 0.25) is 0 Å². The second kappa shape index (κ2) is 3.13. The Morgan fingerprint density at radius 1 is 1.50 bits per heavy atom. The Balaban J connectivity index is 2.21. The molecule has 1 fully saturated rings. The van der Waals surface area contributed by atoms with Crippen molar-refractivity contribution in [3.05, 3.63) is 29.8 Å². The van der Waals surface area contributed by atoms with Gasteiger partial charge in [-0.05, 0) is 17.7 Å². The van der Waals surface area contributed by atoms with Crippen LogP contribution in [0.4, 0.5) is 0 Å². The first kappa shape index (κ1) is 7.58. The minimum Gasteiger partial charge on any atom is -0.508 e. The maximum Gasteiger partial charge on any atom is 0.134 e. The van der Waals surface area contributed by atoms with E-state index < -0.39 is 0 Å². The second-order valence-corrected chi connectivity index (χ2v) is 2.80. The van der Waals surface area contributed by atoms with Gasteiger partial charge in [-0.25, -0.2) is 0 Å². The monoisotopic (exact) mass is 165 g/mol. The van der Waals surface area contributed by atoms with Crippen LogP contribution in [0.3, 0.4) is 0 Å². The molecule has 0 spiro atoms. The standard InChI is InChI=1S/C9H11NO2/c11-8-3-1-2-7(6-8)9-10-4-5-12-9/h1-3,6,9-11H,4-5H2. The molecule has 1 saturated heterocycles. The molecule has 1 aromatic rings. The predicted octanol–water partition coefficient (Wildman–Crippen LogP) is 1.01. The number of ether oxygens (including phenoxy) is 1. The summed E-state index contributed by atoms with van der Waals surface area (Å²) in [4.78, 5) is 0. The maximum absolute atomic E-state index is 9.19. The fraction of sp³-hybridized carbons (Fsp3) is 0.333. The summed E-state index contributed by atoms with van der Waals surface area (Å²) in [6.07, 6.45) is -0.0444. The first-order valence-corrected chi connectivity index (χ1v) is 4.00. The Kier molecular flexibility index (Phi) is 1.98. The summed E-state index contributed by atoms with van der Waals surface area (Å²) in [5.74, 6) is 0.282. The van der Waals surface area contributed by atoms with Crippen LogP contribution in [-0.4, -0.2) is 18.3 Å². The SMILES string of the molecule is Oc1cccc(C2NCCO2)c1. The Morgan fingerprint density at radius 2 is 2.42 bits per heavy atom. The summed E-state index contributed by atoms with van der Waals surface area (Å²) in [7, 11) is 0. The summed E-state index contributed by atoms with van der Waals surface area (Å²) in [6.45, 7) is 1.61. The number of nitrogens with one attached hydrogen (secondary N) is 1. The van der Waals surface area contributed by atoms with Gasteiger partial charge in [0, 0.05) is 6.54 Å². The van der Waals surface area contributed by atoms with Crippen molar-refractivity contribution in [2.24, 2.45) is 0 Å². The molecular weight excluding hydrogens is 154 g/mol. The smallest absolute Gasteiger partial charge is 0.134 e. The van der Waals surface area contributed by atoms with E-state index in [4.69, 9.17) is 4.74 Å². The van der Waals surface area contributed by atoms with Crippen LogP contribution in [0.1, 0.15) is 11.8 Å². The zero-order valence-corrected chi connectivity index (χ0v) is 6.66. The molecule has 0 radical (unpaired) electrons. The fourth-order valence-electron chi connectivity index (χ4n) is 1.33. The van der Waals surface area contributed by atoms with Crippen molar-refractivity contribution in [3.8, 4) is 5.75 Å². The number of phenols is 1. The highest BCUT2D eigenvalue weighted by molar-refractivity contribution is 5.28. The van der Waals surface area contributed by atoms with E-state index in [1.165, 1.54) is 0 Å². The van der Waals surface area contributed by atoms with Crippen LogP contribution in [0.5, 0.6) is 5.75 Å². The van der Waals surface area contributed by atoms with Crippen molar-refractivity contribution in [3.63, 3.8) is 0 Å². The minimum atomic E-state index is -0.0444. The average molecular weight is 165 g/mol. The number of hydrogen-bond donors (Lipinski definition) is 2. The number of aromatic hydroxyl groups is 1. The van der Waals surface area contributed by atoms with Crippen LogP contribution in [-0.2, 0) is 4.74 Å². The minimum absolute atomic E-state index is 0.0444. The zero-order valence-electron chi connectivity index (χ0n) is 6.66. The molecule has 3 nitrogen and oxygen atoms in total. The number of benzene rings is 1. The van der Waals surface area contributed by atoms with Gasteiger partial charge in [-0.2, -0.15) is 0 Å². The first-order valence-electron chi connectivity index (χ1n) is 4.00. The molecule has 1 heterocycles. The Hall–Kier alpha value is -1.06. The molecule has 1 aliphatic heterocycles. The summed E-state index contributed by atoms with van der Waals surface area (Å²) in [6, 6.07) is 7.11. The molecule has 0 aliphatic carbocycles. The van der Waals surface area contributed by atoms with E-state index in [1.807, 2.05) is 12.1 Å². The lowest BCUT2D eigenvalue weighted by Gasteiger charge is -2.09. The third-order valence-corrected chi connectivity index (χ3v) is 1.89. The maximum atomic E-state index is 9.19. The van der Waals surface area contributed by atoms with Gasteiger partial charge in [-0.3, -0.25) is 5.32 Å². The molecule has 1 aromatic carbocycles.